The summed E-state index contributed by atoms with van der Waals surface area (Å²) in [6.45, 7) is 2.12. The topological polar surface area (TPSA) is 67.4 Å². The van der Waals surface area contributed by atoms with Crippen LogP contribution in [0, 0.1) is 5.82 Å². The van der Waals surface area contributed by atoms with Crippen LogP contribution in [0.3, 0.4) is 0 Å². The van der Waals surface area contributed by atoms with Gasteiger partial charge >= 0.3 is 0 Å². The minimum atomic E-state index is -0.686. The second kappa shape index (κ2) is 9.03. The molecule has 2 amide bonds. The van der Waals surface area contributed by atoms with E-state index >= 15 is 0 Å². The van der Waals surface area contributed by atoms with Gasteiger partial charge < -0.3 is 15.4 Å². The van der Waals surface area contributed by atoms with Crippen LogP contribution in [0.15, 0.2) is 48.5 Å². The molecule has 0 aliphatic carbocycles. The number of hydrogen-bond donors (Lipinski definition) is 2. The summed E-state index contributed by atoms with van der Waals surface area (Å²) in [4.78, 5) is 23.8. The minimum absolute atomic E-state index is 0.246. The highest BCUT2D eigenvalue weighted by Crippen LogP contribution is 2.16. The molecule has 2 aromatic rings. The van der Waals surface area contributed by atoms with Gasteiger partial charge in [-0.1, -0.05) is 11.6 Å². The molecule has 1 atom stereocenters. The molecule has 0 aliphatic rings. The molecule has 0 saturated heterocycles. The van der Waals surface area contributed by atoms with Gasteiger partial charge in [0.05, 0.1) is 0 Å². The molecule has 0 aliphatic heterocycles. The molecule has 2 aromatic carbocycles. The molecule has 2 N–H and O–H groups in total. The number of carbonyl (C=O) groups excluding carboxylic acids is 2. The van der Waals surface area contributed by atoms with Crippen molar-refractivity contribution in [1.82, 2.24) is 10.6 Å². The van der Waals surface area contributed by atoms with E-state index in [2.05, 4.69) is 10.6 Å². The van der Waals surface area contributed by atoms with E-state index < -0.39 is 11.9 Å². The Kier molecular flexibility index (Phi) is 6.77. The zero-order valence-electron chi connectivity index (χ0n) is 13.6. The van der Waals surface area contributed by atoms with Crippen LogP contribution in [0.1, 0.15) is 17.3 Å². The fourth-order valence-electron chi connectivity index (χ4n) is 1.98. The lowest BCUT2D eigenvalue weighted by molar-refractivity contribution is -0.127. The van der Waals surface area contributed by atoms with Gasteiger partial charge in [0, 0.05) is 23.7 Å². The number of ether oxygens (including phenoxy) is 1. The van der Waals surface area contributed by atoms with E-state index in [1.54, 1.807) is 31.2 Å². The van der Waals surface area contributed by atoms with Crippen LogP contribution < -0.4 is 15.4 Å². The first-order valence-electron chi connectivity index (χ1n) is 7.69. The quantitative estimate of drug-likeness (QED) is 0.742. The molecule has 0 radical (unpaired) electrons. The van der Waals surface area contributed by atoms with Crippen molar-refractivity contribution < 1.29 is 18.7 Å². The maximum atomic E-state index is 12.8. The molecule has 0 bridgehead atoms. The first-order chi connectivity index (χ1) is 12.0. The van der Waals surface area contributed by atoms with E-state index in [4.69, 9.17) is 16.3 Å². The fraction of sp³-hybridized carbons (Fsp3) is 0.222. The molecular formula is C18H18ClFN2O3. The third-order valence-electron chi connectivity index (χ3n) is 3.31. The summed E-state index contributed by atoms with van der Waals surface area (Å²) in [6.07, 6.45) is -0.686. The molecule has 0 aromatic heterocycles. The van der Waals surface area contributed by atoms with E-state index in [0.29, 0.717) is 16.3 Å². The first kappa shape index (κ1) is 18.7. The summed E-state index contributed by atoms with van der Waals surface area (Å²) >= 11 is 5.78. The van der Waals surface area contributed by atoms with E-state index in [1.165, 1.54) is 24.3 Å². The van der Waals surface area contributed by atoms with E-state index in [1.807, 2.05) is 0 Å². The average molecular weight is 365 g/mol. The van der Waals surface area contributed by atoms with Crippen LogP contribution in [0.2, 0.25) is 5.02 Å². The van der Waals surface area contributed by atoms with Gasteiger partial charge in [0.25, 0.3) is 11.8 Å². The van der Waals surface area contributed by atoms with Crippen LogP contribution in [0.4, 0.5) is 4.39 Å². The second-order valence-corrected chi connectivity index (χ2v) is 5.70. The van der Waals surface area contributed by atoms with Crippen molar-refractivity contribution in [1.29, 1.82) is 0 Å². The fourth-order valence-corrected chi connectivity index (χ4v) is 2.11. The molecule has 25 heavy (non-hydrogen) atoms. The first-order valence-corrected chi connectivity index (χ1v) is 8.07. The van der Waals surface area contributed by atoms with Gasteiger partial charge in [0.1, 0.15) is 11.6 Å². The number of carbonyl (C=O) groups is 2. The second-order valence-electron chi connectivity index (χ2n) is 5.27. The summed E-state index contributed by atoms with van der Waals surface area (Å²) in [6, 6.07) is 11.9. The lowest BCUT2D eigenvalue weighted by atomic mass is 10.2. The Labute approximate surface area is 150 Å². The van der Waals surface area contributed by atoms with E-state index in [-0.39, 0.29) is 24.9 Å². The molecular weight excluding hydrogens is 347 g/mol. The van der Waals surface area contributed by atoms with Gasteiger partial charge in [0.2, 0.25) is 0 Å². The monoisotopic (exact) mass is 364 g/mol. The number of benzene rings is 2. The van der Waals surface area contributed by atoms with Crippen molar-refractivity contribution >= 4 is 23.4 Å². The molecule has 0 heterocycles. The lowest BCUT2D eigenvalue weighted by Gasteiger charge is -2.15. The predicted octanol–water partition coefficient (Wildman–Crippen LogP) is 2.79. The van der Waals surface area contributed by atoms with Crippen LogP contribution in [-0.4, -0.2) is 31.0 Å². The molecule has 1 unspecified atom stereocenters. The molecule has 0 spiro atoms. The average Bonchev–Trinajstić information content (AvgIpc) is 2.60. The zero-order chi connectivity index (χ0) is 18.2. The molecule has 7 heteroatoms. The van der Waals surface area contributed by atoms with Crippen LogP contribution in [-0.2, 0) is 4.79 Å². The number of nitrogens with one attached hydrogen (secondary N) is 2. The highest BCUT2D eigenvalue weighted by atomic mass is 35.5. The highest BCUT2D eigenvalue weighted by Gasteiger charge is 2.14. The van der Waals surface area contributed by atoms with Crippen molar-refractivity contribution in [3.63, 3.8) is 0 Å². The van der Waals surface area contributed by atoms with E-state index in [0.717, 1.165) is 0 Å². The van der Waals surface area contributed by atoms with Gasteiger partial charge in [-0.15, -0.1) is 0 Å². The lowest BCUT2D eigenvalue weighted by Crippen LogP contribution is -2.40. The summed E-state index contributed by atoms with van der Waals surface area (Å²) < 4.78 is 18.3. The third kappa shape index (κ3) is 6.08. The van der Waals surface area contributed by atoms with Gasteiger partial charge in [0.15, 0.2) is 6.10 Å². The predicted molar refractivity (Wildman–Crippen MR) is 93.3 cm³/mol. The Balaban J connectivity index is 1.69. The smallest absolute Gasteiger partial charge is 0.260 e. The molecule has 2 rings (SSSR count). The maximum Gasteiger partial charge on any atom is 0.260 e. The Hall–Kier alpha value is -2.60. The van der Waals surface area contributed by atoms with Crippen molar-refractivity contribution in [3.05, 3.63) is 64.9 Å². The molecule has 132 valence electrons. The largest absolute Gasteiger partial charge is 0.481 e. The van der Waals surface area contributed by atoms with Crippen molar-refractivity contribution in [3.8, 4) is 5.75 Å². The molecule has 0 saturated carbocycles. The Morgan fingerprint density at radius 2 is 1.64 bits per heavy atom. The maximum absolute atomic E-state index is 12.8. The zero-order valence-corrected chi connectivity index (χ0v) is 14.3. The highest BCUT2D eigenvalue weighted by molar-refractivity contribution is 6.30. The van der Waals surface area contributed by atoms with Crippen LogP contribution >= 0.6 is 11.6 Å². The van der Waals surface area contributed by atoms with Crippen molar-refractivity contribution in [2.24, 2.45) is 0 Å². The summed E-state index contributed by atoms with van der Waals surface area (Å²) in [5.74, 6) is -0.499. The number of hydrogen-bond acceptors (Lipinski definition) is 3. The number of halogens is 2. The Bertz CT molecular complexity index is 720. The summed E-state index contributed by atoms with van der Waals surface area (Å²) in [7, 11) is 0. The standard InChI is InChI=1S/C18H18ClFN2O3/c1-12(25-16-8-4-14(19)5-9-16)17(23)21-10-11-22-18(24)13-2-6-15(20)7-3-13/h2-9,12H,10-11H2,1H3,(H,21,23)(H,22,24). The third-order valence-corrected chi connectivity index (χ3v) is 3.56. The van der Waals surface area contributed by atoms with Crippen molar-refractivity contribution in [2.45, 2.75) is 13.0 Å². The van der Waals surface area contributed by atoms with Gasteiger partial charge in [-0.25, -0.2) is 4.39 Å². The minimum Gasteiger partial charge on any atom is -0.481 e. The van der Waals surface area contributed by atoms with Crippen LogP contribution in [0.25, 0.3) is 0 Å². The SMILES string of the molecule is CC(Oc1ccc(Cl)cc1)C(=O)NCCNC(=O)c1ccc(F)cc1. The summed E-state index contributed by atoms with van der Waals surface area (Å²) in [5, 5.41) is 5.89. The Morgan fingerprint density at radius 3 is 2.28 bits per heavy atom. The van der Waals surface area contributed by atoms with Crippen molar-refractivity contribution in [2.75, 3.05) is 13.1 Å². The molecule has 5 nitrogen and oxygen atoms in total. The number of rotatable bonds is 7. The van der Waals surface area contributed by atoms with Gasteiger partial charge in [-0.05, 0) is 55.5 Å². The summed E-state index contributed by atoms with van der Waals surface area (Å²) in [5.41, 5.74) is 0.354. The normalized spacial score (nSPS) is 11.5. The molecule has 0 fully saturated rings. The van der Waals surface area contributed by atoms with E-state index in [9.17, 15) is 14.0 Å². The van der Waals surface area contributed by atoms with Crippen LogP contribution in [0.5, 0.6) is 5.75 Å². The Morgan fingerprint density at radius 1 is 1.04 bits per heavy atom. The van der Waals surface area contributed by atoms with Gasteiger partial charge in [-0.2, -0.15) is 0 Å². The van der Waals surface area contributed by atoms with Gasteiger partial charge in [-0.3, -0.25) is 9.59 Å². The number of amides is 2.